The van der Waals surface area contributed by atoms with Gasteiger partial charge in [0.05, 0.1) is 0 Å². The van der Waals surface area contributed by atoms with Crippen LogP contribution in [0.5, 0.6) is 0 Å². The van der Waals surface area contributed by atoms with Crippen molar-refractivity contribution in [3.8, 4) is 0 Å². The molecule has 0 N–H and O–H groups in total. The monoisotopic (exact) mass is 329 g/mol. The molecule has 1 aromatic heterocycles. The third kappa shape index (κ3) is 2.75. The zero-order valence-corrected chi connectivity index (χ0v) is 13.7. The molecule has 1 aromatic carbocycles. The van der Waals surface area contributed by atoms with Crippen LogP contribution in [0.4, 0.5) is 10.5 Å². The molecule has 8 heteroatoms. The summed E-state index contributed by atoms with van der Waals surface area (Å²) in [6.45, 7) is 3.47. The number of aromatic nitrogens is 4. The van der Waals surface area contributed by atoms with Crippen LogP contribution in [0.15, 0.2) is 29.1 Å². The second-order valence-electron chi connectivity index (χ2n) is 5.89. The van der Waals surface area contributed by atoms with Gasteiger partial charge in [0.25, 0.3) is 0 Å². The molecular formula is C16H19N5O3. The predicted octanol–water partition coefficient (Wildman–Crippen LogP) is 1.23. The van der Waals surface area contributed by atoms with Gasteiger partial charge in [-0.3, -0.25) is 9.69 Å². The van der Waals surface area contributed by atoms with Crippen molar-refractivity contribution in [2.24, 2.45) is 0 Å². The van der Waals surface area contributed by atoms with Gasteiger partial charge in [-0.2, -0.15) is 4.68 Å². The molecule has 0 saturated carbocycles. The molecule has 0 spiro atoms. The molecule has 126 valence electrons. The molecule has 1 atom stereocenters. The van der Waals surface area contributed by atoms with E-state index in [2.05, 4.69) is 10.4 Å². The maximum absolute atomic E-state index is 12.9. The highest BCUT2D eigenvalue weighted by atomic mass is 16.2. The average molecular weight is 329 g/mol. The van der Waals surface area contributed by atoms with Crippen LogP contribution in [0, 0.1) is 0 Å². The Kier molecular flexibility index (Phi) is 4.28. The Hall–Kier alpha value is -2.77. The number of fused-ring (bicyclic) bond motifs is 1. The van der Waals surface area contributed by atoms with E-state index in [0.29, 0.717) is 6.42 Å². The van der Waals surface area contributed by atoms with E-state index >= 15 is 0 Å². The summed E-state index contributed by atoms with van der Waals surface area (Å²) in [4.78, 5) is 38.2. The fourth-order valence-corrected chi connectivity index (χ4v) is 2.85. The summed E-state index contributed by atoms with van der Waals surface area (Å²) in [5.41, 5.74) is 1.15. The van der Waals surface area contributed by atoms with Crippen molar-refractivity contribution in [2.75, 3.05) is 4.90 Å². The Morgan fingerprint density at radius 2 is 2.00 bits per heavy atom. The number of rotatable bonds is 3. The quantitative estimate of drug-likeness (QED) is 0.790. The fourth-order valence-electron chi connectivity index (χ4n) is 2.85. The van der Waals surface area contributed by atoms with Crippen LogP contribution in [0.3, 0.4) is 0 Å². The minimum absolute atomic E-state index is 0.0540. The van der Waals surface area contributed by atoms with Crippen molar-refractivity contribution in [1.29, 1.82) is 0 Å². The van der Waals surface area contributed by atoms with E-state index in [9.17, 15) is 14.4 Å². The number of hydrogen-bond acceptors (Lipinski definition) is 5. The Balaban J connectivity index is 1.95. The van der Waals surface area contributed by atoms with Gasteiger partial charge in [-0.25, -0.2) is 9.59 Å². The van der Waals surface area contributed by atoms with Crippen LogP contribution in [0.25, 0.3) is 0 Å². The van der Waals surface area contributed by atoms with Gasteiger partial charge in [0, 0.05) is 18.2 Å². The first-order chi connectivity index (χ1) is 11.5. The number of Topliss-reactive ketones (excluding diaryl/α,β-unsaturated/α-hetero) is 1. The molecule has 0 aliphatic carbocycles. The number of amides is 1. The van der Waals surface area contributed by atoms with Crippen molar-refractivity contribution in [3.05, 3.63) is 40.3 Å². The number of nitrogens with zero attached hydrogens (tertiary/aromatic N) is 5. The molecule has 0 bridgehead atoms. The number of benzene rings is 1. The van der Waals surface area contributed by atoms with Gasteiger partial charge in [0.15, 0.2) is 5.78 Å². The molecule has 2 heterocycles. The first-order valence-electron chi connectivity index (χ1n) is 7.99. The number of ketones is 1. The lowest BCUT2D eigenvalue weighted by Gasteiger charge is -2.34. The topological polar surface area (TPSA) is 90.1 Å². The Labute approximate surface area is 138 Å². The van der Waals surface area contributed by atoms with E-state index in [-0.39, 0.29) is 18.4 Å². The third-order valence-electron chi connectivity index (χ3n) is 4.27. The van der Waals surface area contributed by atoms with Crippen LogP contribution in [0.2, 0.25) is 0 Å². The Morgan fingerprint density at radius 1 is 1.25 bits per heavy atom. The molecule has 8 nitrogen and oxygen atoms in total. The van der Waals surface area contributed by atoms with Crippen molar-refractivity contribution in [3.63, 3.8) is 0 Å². The summed E-state index contributed by atoms with van der Waals surface area (Å²) in [5, 5.41) is 7.31. The molecule has 1 aliphatic rings. The van der Waals surface area contributed by atoms with Gasteiger partial charge in [0.2, 0.25) is 0 Å². The number of anilines is 1. The normalized spacial score (nSPS) is 16.8. The maximum atomic E-state index is 12.9. The Bertz CT molecular complexity index is 838. The number of para-hydroxylation sites is 1. The lowest BCUT2D eigenvalue weighted by Crippen LogP contribution is -2.48. The number of tetrazole rings is 1. The highest BCUT2D eigenvalue weighted by molar-refractivity contribution is 5.94. The number of carbonyl (C=O) groups excluding carboxylic acids is 2. The van der Waals surface area contributed by atoms with Gasteiger partial charge >= 0.3 is 11.7 Å². The molecular weight excluding hydrogens is 310 g/mol. The number of aryl methyl sites for hydroxylation is 1. The minimum atomic E-state index is -0.697. The van der Waals surface area contributed by atoms with Gasteiger partial charge in [-0.05, 0) is 41.8 Å². The lowest BCUT2D eigenvalue weighted by atomic mass is 9.97. The summed E-state index contributed by atoms with van der Waals surface area (Å²) >= 11 is 0. The summed E-state index contributed by atoms with van der Waals surface area (Å²) in [6.07, 6.45) is 1.98. The van der Waals surface area contributed by atoms with Crippen molar-refractivity contribution < 1.29 is 9.59 Å². The molecule has 0 fully saturated rings. The second kappa shape index (κ2) is 6.38. The fraction of sp³-hybridized carbons (Fsp3) is 0.438. The van der Waals surface area contributed by atoms with Gasteiger partial charge in [-0.1, -0.05) is 25.1 Å². The lowest BCUT2D eigenvalue weighted by molar-refractivity contribution is -0.119. The molecule has 24 heavy (non-hydrogen) atoms. The zero-order valence-electron chi connectivity index (χ0n) is 13.7. The first-order valence-corrected chi connectivity index (χ1v) is 7.99. The van der Waals surface area contributed by atoms with Crippen LogP contribution < -0.4 is 10.6 Å². The van der Waals surface area contributed by atoms with Crippen LogP contribution in [-0.4, -0.2) is 37.6 Å². The number of hydrogen-bond donors (Lipinski definition) is 0. The highest BCUT2D eigenvalue weighted by Crippen LogP contribution is 2.30. The molecule has 1 aliphatic heterocycles. The van der Waals surface area contributed by atoms with Crippen molar-refractivity contribution in [2.45, 2.75) is 45.7 Å². The van der Waals surface area contributed by atoms with E-state index < -0.39 is 11.7 Å². The summed E-state index contributed by atoms with van der Waals surface area (Å²) in [5.74, 6) is -0.145. The van der Waals surface area contributed by atoms with Gasteiger partial charge in [0.1, 0.15) is 6.54 Å². The largest absolute Gasteiger partial charge is 0.372 e. The summed E-state index contributed by atoms with van der Waals surface area (Å²) < 4.78 is 1.64. The second-order valence-corrected chi connectivity index (χ2v) is 5.89. The predicted molar refractivity (Wildman–Crippen MR) is 87.1 cm³/mol. The molecule has 3 rings (SSSR count). The average Bonchev–Trinajstić information content (AvgIpc) is 2.94. The van der Waals surface area contributed by atoms with Crippen LogP contribution in [0.1, 0.15) is 32.3 Å². The van der Waals surface area contributed by atoms with E-state index in [4.69, 9.17) is 0 Å². The van der Waals surface area contributed by atoms with E-state index in [0.717, 1.165) is 33.5 Å². The Morgan fingerprint density at radius 3 is 2.75 bits per heavy atom. The van der Waals surface area contributed by atoms with E-state index in [1.54, 1.807) is 11.8 Å². The first kappa shape index (κ1) is 16.1. The molecule has 1 unspecified atom stereocenters. The van der Waals surface area contributed by atoms with E-state index in [1.165, 1.54) is 0 Å². The highest BCUT2D eigenvalue weighted by Gasteiger charge is 2.31. The standard InChI is InChI=1S/C16H19N5O3/c1-3-13(22)10-19-15(23)21(18-17-19)16(24)20-11(2)8-9-12-6-4-5-7-14(12)20/h4-7,11H,3,8-10H2,1-2H3. The summed E-state index contributed by atoms with van der Waals surface area (Å²) in [7, 11) is 0. The third-order valence-corrected chi connectivity index (χ3v) is 4.27. The minimum Gasteiger partial charge on any atom is -0.298 e. The maximum Gasteiger partial charge on any atom is 0.372 e. The molecule has 2 aromatic rings. The van der Waals surface area contributed by atoms with Gasteiger partial charge in [-0.15, -0.1) is 4.68 Å². The molecule has 0 saturated heterocycles. The SMILES string of the molecule is CCC(=O)Cn1nnn(C(=O)N2c3ccccc3CCC2C)c1=O. The van der Waals surface area contributed by atoms with Crippen molar-refractivity contribution >= 4 is 17.5 Å². The van der Waals surface area contributed by atoms with E-state index in [1.807, 2.05) is 31.2 Å². The summed E-state index contributed by atoms with van der Waals surface area (Å²) in [6, 6.07) is 7.02. The van der Waals surface area contributed by atoms with Crippen molar-refractivity contribution in [1.82, 2.24) is 19.8 Å². The molecule has 1 amide bonds. The van der Waals surface area contributed by atoms with Crippen LogP contribution >= 0.6 is 0 Å². The van der Waals surface area contributed by atoms with Crippen LogP contribution in [-0.2, 0) is 17.8 Å². The molecule has 0 radical (unpaired) electrons. The number of carbonyl (C=O) groups is 2. The zero-order chi connectivity index (χ0) is 17.3. The smallest absolute Gasteiger partial charge is 0.298 e. The van der Waals surface area contributed by atoms with Gasteiger partial charge < -0.3 is 0 Å².